The molecule has 0 saturated carbocycles. The van der Waals surface area contributed by atoms with Gasteiger partial charge in [0.1, 0.15) is 12.2 Å². The van der Waals surface area contributed by atoms with Crippen molar-refractivity contribution in [3.8, 4) is 0 Å². The molecule has 2 aromatic carbocycles. The van der Waals surface area contributed by atoms with Gasteiger partial charge in [-0.3, -0.25) is 23.6 Å². The highest BCUT2D eigenvalue weighted by Gasteiger charge is 2.41. The van der Waals surface area contributed by atoms with Crippen molar-refractivity contribution in [3.63, 3.8) is 0 Å². The van der Waals surface area contributed by atoms with Gasteiger partial charge < -0.3 is 4.74 Å². The van der Waals surface area contributed by atoms with Crippen molar-refractivity contribution in [1.82, 2.24) is 9.21 Å². The number of likely N-dealkylation sites (tertiary alicyclic amines) is 1. The van der Waals surface area contributed by atoms with Crippen molar-refractivity contribution in [2.75, 3.05) is 13.1 Å². The Morgan fingerprint density at radius 1 is 0.939 bits per heavy atom. The summed E-state index contributed by atoms with van der Waals surface area (Å²) in [5.41, 5.74) is -0.0530. The lowest BCUT2D eigenvalue weighted by molar-refractivity contribution is -0.148. The molecule has 4 rings (SSSR count). The molecule has 2 aliphatic heterocycles. The SMILES string of the molecule is CCN1C(C(=O)c2ccccc2)=C(OC(=O)CN2C(=O)CCC2=O)c2ccccc2S1(=O)=O. The first-order chi connectivity index (χ1) is 15.8. The van der Waals surface area contributed by atoms with Gasteiger partial charge in [0.05, 0.1) is 4.90 Å². The lowest BCUT2D eigenvalue weighted by atomic mass is 10.0. The molecule has 0 N–H and O–H groups in total. The fourth-order valence-electron chi connectivity index (χ4n) is 3.81. The number of esters is 1. The summed E-state index contributed by atoms with van der Waals surface area (Å²) in [5.74, 6) is -2.83. The van der Waals surface area contributed by atoms with Crippen LogP contribution < -0.4 is 0 Å². The van der Waals surface area contributed by atoms with Crippen LogP contribution in [0.25, 0.3) is 5.76 Å². The van der Waals surface area contributed by atoms with Crippen LogP contribution in [0.3, 0.4) is 0 Å². The third kappa shape index (κ3) is 3.93. The molecule has 10 heteroatoms. The lowest BCUT2D eigenvalue weighted by Crippen LogP contribution is -2.39. The fraction of sp³-hybridized carbons (Fsp3) is 0.217. The molecule has 0 radical (unpaired) electrons. The molecule has 1 saturated heterocycles. The molecule has 0 aliphatic carbocycles. The van der Waals surface area contributed by atoms with Crippen LogP contribution in [-0.2, 0) is 29.1 Å². The minimum absolute atomic E-state index is 0.0112. The molecule has 33 heavy (non-hydrogen) atoms. The van der Waals surface area contributed by atoms with E-state index in [9.17, 15) is 27.6 Å². The van der Waals surface area contributed by atoms with E-state index in [4.69, 9.17) is 4.74 Å². The molecule has 1 fully saturated rings. The summed E-state index contributed by atoms with van der Waals surface area (Å²) >= 11 is 0. The molecule has 2 aliphatic rings. The summed E-state index contributed by atoms with van der Waals surface area (Å²) in [4.78, 5) is 50.7. The maximum atomic E-state index is 13.4. The second-order valence-corrected chi connectivity index (χ2v) is 9.22. The maximum absolute atomic E-state index is 13.4. The van der Waals surface area contributed by atoms with Gasteiger partial charge in [-0.25, -0.2) is 13.2 Å². The second-order valence-electron chi connectivity index (χ2n) is 7.39. The predicted molar refractivity (Wildman–Crippen MR) is 116 cm³/mol. The number of rotatable bonds is 6. The number of carbonyl (C=O) groups is 4. The topological polar surface area (TPSA) is 118 Å². The molecule has 0 atom stereocenters. The zero-order valence-electron chi connectivity index (χ0n) is 17.7. The third-order valence-electron chi connectivity index (χ3n) is 5.36. The first kappa shape index (κ1) is 22.4. The highest BCUT2D eigenvalue weighted by atomic mass is 32.2. The molecular weight excluding hydrogens is 448 g/mol. The van der Waals surface area contributed by atoms with Crippen LogP contribution in [0.1, 0.15) is 35.7 Å². The van der Waals surface area contributed by atoms with E-state index in [1.54, 1.807) is 31.2 Å². The Kier molecular flexibility index (Phi) is 5.86. The second kappa shape index (κ2) is 8.62. The predicted octanol–water partition coefficient (Wildman–Crippen LogP) is 1.95. The number of fused-ring (bicyclic) bond motifs is 1. The molecule has 2 aromatic rings. The summed E-state index contributed by atoms with van der Waals surface area (Å²) in [6, 6.07) is 13.9. The van der Waals surface area contributed by atoms with Gasteiger partial charge in [-0.1, -0.05) is 42.5 Å². The minimum Gasteiger partial charge on any atom is -0.422 e. The number of ether oxygens (including phenoxy) is 1. The van der Waals surface area contributed by atoms with Gasteiger partial charge in [-0.15, -0.1) is 0 Å². The van der Waals surface area contributed by atoms with E-state index in [1.807, 2.05) is 0 Å². The number of Topliss-reactive ketones (excluding diaryl/α,β-unsaturated/α-hetero) is 1. The number of imide groups is 1. The van der Waals surface area contributed by atoms with Crippen LogP contribution >= 0.6 is 0 Å². The molecule has 0 aromatic heterocycles. The lowest BCUT2D eigenvalue weighted by Gasteiger charge is -2.32. The minimum atomic E-state index is -4.10. The third-order valence-corrected chi connectivity index (χ3v) is 7.29. The highest BCUT2D eigenvalue weighted by Crippen LogP contribution is 2.38. The number of carbonyl (C=O) groups excluding carboxylic acids is 4. The number of ketones is 1. The van der Waals surface area contributed by atoms with E-state index in [2.05, 4.69) is 0 Å². The molecule has 0 bridgehead atoms. The number of amides is 2. The number of hydrogen-bond acceptors (Lipinski definition) is 7. The Labute approximate surface area is 190 Å². The summed E-state index contributed by atoms with van der Waals surface area (Å²) in [6.45, 7) is 0.842. The van der Waals surface area contributed by atoms with Crippen LogP contribution in [0, 0.1) is 0 Å². The van der Waals surface area contributed by atoms with Crippen molar-refractivity contribution in [3.05, 3.63) is 71.4 Å². The van der Waals surface area contributed by atoms with Gasteiger partial charge in [0, 0.05) is 30.5 Å². The fourth-order valence-corrected chi connectivity index (χ4v) is 5.48. The van der Waals surface area contributed by atoms with Gasteiger partial charge in [0.25, 0.3) is 10.0 Å². The van der Waals surface area contributed by atoms with Crippen LogP contribution in [0.2, 0.25) is 0 Å². The first-order valence-electron chi connectivity index (χ1n) is 10.3. The van der Waals surface area contributed by atoms with E-state index < -0.39 is 40.1 Å². The Hall–Kier alpha value is -3.79. The number of likely N-dealkylation sites (N-methyl/N-ethyl adjacent to an activating group) is 1. The smallest absolute Gasteiger partial charge is 0.331 e. The van der Waals surface area contributed by atoms with Gasteiger partial charge in [0.2, 0.25) is 17.6 Å². The van der Waals surface area contributed by atoms with Gasteiger partial charge in [-0.2, -0.15) is 0 Å². The summed E-state index contributed by atoms with van der Waals surface area (Å²) < 4.78 is 33.0. The monoisotopic (exact) mass is 468 g/mol. The Morgan fingerprint density at radius 3 is 2.18 bits per heavy atom. The molecule has 0 unspecified atom stereocenters. The Morgan fingerprint density at radius 2 is 1.55 bits per heavy atom. The molecule has 2 heterocycles. The van der Waals surface area contributed by atoms with E-state index >= 15 is 0 Å². The van der Waals surface area contributed by atoms with E-state index in [0.29, 0.717) is 0 Å². The van der Waals surface area contributed by atoms with Gasteiger partial charge in [0.15, 0.2) is 5.76 Å². The summed E-state index contributed by atoms with van der Waals surface area (Å²) in [7, 11) is -4.10. The van der Waals surface area contributed by atoms with Crippen LogP contribution in [0.5, 0.6) is 0 Å². The van der Waals surface area contributed by atoms with Crippen molar-refractivity contribution in [2.24, 2.45) is 0 Å². The maximum Gasteiger partial charge on any atom is 0.331 e. The van der Waals surface area contributed by atoms with E-state index in [-0.39, 0.29) is 46.9 Å². The number of nitrogens with zero attached hydrogens (tertiary/aromatic N) is 2. The molecular formula is C23H20N2O7S. The van der Waals surface area contributed by atoms with Crippen molar-refractivity contribution in [2.45, 2.75) is 24.7 Å². The largest absolute Gasteiger partial charge is 0.422 e. The molecule has 0 spiro atoms. The number of allylic oxidation sites excluding steroid dienone is 1. The number of sulfonamides is 1. The van der Waals surface area contributed by atoms with Crippen molar-refractivity contribution in [1.29, 1.82) is 0 Å². The summed E-state index contributed by atoms with van der Waals surface area (Å²) in [5, 5.41) is 0. The van der Waals surface area contributed by atoms with Crippen molar-refractivity contribution < 1.29 is 32.3 Å². The average molecular weight is 468 g/mol. The van der Waals surface area contributed by atoms with Crippen molar-refractivity contribution >= 4 is 39.3 Å². The number of hydrogen-bond donors (Lipinski definition) is 0. The van der Waals surface area contributed by atoms with Crippen LogP contribution in [-0.4, -0.2) is 54.3 Å². The molecule has 170 valence electrons. The van der Waals surface area contributed by atoms with E-state index in [1.165, 1.54) is 30.3 Å². The standard InChI is InChI=1S/C23H20N2O7S/c1-2-25-21(22(29)15-8-4-3-5-9-15)23(16-10-6-7-11-17(16)33(25,30)31)32-20(28)14-24-18(26)12-13-19(24)27/h3-11H,2,12-14H2,1H3. The highest BCUT2D eigenvalue weighted by molar-refractivity contribution is 7.89. The first-order valence-corrected chi connectivity index (χ1v) is 11.7. The Bertz CT molecular complexity index is 1280. The zero-order valence-corrected chi connectivity index (χ0v) is 18.5. The normalized spacial score (nSPS) is 17.2. The zero-order chi connectivity index (χ0) is 23.8. The van der Waals surface area contributed by atoms with Gasteiger partial charge >= 0.3 is 5.97 Å². The van der Waals surface area contributed by atoms with E-state index in [0.717, 1.165) is 9.21 Å². The molecule has 2 amide bonds. The average Bonchev–Trinajstić information content (AvgIpc) is 3.12. The molecule has 9 nitrogen and oxygen atoms in total. The van der Waals surface area contributed by atoms with Crippen LogP contribution in [0.15, 0.2) is 65.2 Å². The Balaban J connectivity index is 1.84. The van der Waals surface area contributed by atoms with Crippen LogP contribution in [0.4, 0.5) is 0 Å². The van der Waals surface area contributed by atoms with Gasteiger partial charge in [-0.05, 0) is 19.1 Å². The quantitative estimate of drug-likeness (QED) is 0.361. The summed E-state index contributed by atoms with van der Waals surface area (Å²) in [6.07, 6.45) is 0.0223. The number of benzene rings is 2.